The summed E-state index contributed by atoms with van der Waals surface area (Å²) in [6.07, 6.45) is 6.79. The van der Waals surface area contributed by atoms with Crippen LogP contribution in [0, 0.1) is 11.3 Å². The van der Waals surface area contributed by atoms with Crippen LogP contribution in [-0.2, 0) is 4.74 Å². The first-order chi connectivity index (χ1) is 6.85. The SMILES string of the molecule is CCCNCC1CC2(CCOCC2)C1. The van der Waals surface area contributed by atoms with Gasteiger partial charge in [-0.2, -0.15) is 0 Å². The lowest BCUT2D eigenvalue weighted by atomic mass is 9.58. The van der Waals surface area contributed by atoms with Gasteiger partial charge in [-0.05, 0) is 56.5 Å². The van der Waals surface area contributed by atoms with Crippen molar-refractivity contribution in [1.29, 1.82) is 0 Å². The van der Waals surface area contributed by atoms with Crippen molar-refractivity contribution in [3.05, 3.63) is 0 Å². The maximum atomic E-state index is 5.42. The molecule has 1 aliphatic heterocycles. The summed E-state index contributed by atoms with van der Waals surface area (Å²) in [5.41, 5.74) is 0.705. The molecule has 0 aromatic carbocycles. The van der Waals surface area contributed by atoms with Gasteiger partial charge in [0.1, 0.15) is 0 Å². The Hall–Kier alpha value is -0.0800. The van der Waals surface area contributed by atoms with E-state index >= 15 is 0 Å². The van der Waals surface area contributed by atoms with E-state index in [9.17, 15) is 0 Å². The molecule has 82 valence electrons. The first kappa shape index (κ1) is 10.4. The summed E-state index contributed by atoms with van der Waals surface area (Å²) < 4.78 is 5.42. The van der Waals surface area contributed by atoms with Gasteiger partial charge in [0.25, 0.3) is 0 Å². The second-order valence-electron chi connectivity index (χ2n) is 5.09. The Labute approximate surface area is 87.4 Å². The number of hydrogen-bond donors (Lipinski definition) is 1. The van der Waals surface area contributed by atoms with Crippen molar-refractivity contribution in [2.45, 2.75) is 39.0 Å². The molecule has 2 fully saturated rings. The normalized spacial score (nSPS) is 26.4. The molecule has 0 amide bonds. The van der Waals surface area contributed by atoms with Crippen LogP contribution in [0.4, 0.5) is 0 Å². The Morgan fingerprint density at radius 1 is 1.29 bits per heavy atom. The van der Waals surface area contributed by atoms with Gasteiger partial charge < -0.3 is 10.1 Å². The minimum absolute atomic E-state index is 0.705. The summed E-state index contributed by atoms with van der Waals surface area (Å²) in [5.74, 6) is 0.958. The molecule has 1 saturated heterocycles. The highest BCUT2D eigenvalue weighted by Gasteiger charge is 2.44. The highest BCUT2D eigenvalue weighted by atomic mass is 16.5. The Balaban J connectivity index is 1.62. The van der Waals surface area contributed by atoms with Gasteiger partial charge in [-0.3, -0.25) is 0 Å². The highest BCUT2D eigenvalue weighted by molar-refractivity contribution is 4.95. The highest BCUT2D eigenvalue weighted by Crippen LogP contribution is 2.51. The van der Waals surface area contributed by atoms with Gasteiger partial charge in [0.05, 0.1) is 0 Å². The van der Waals surface area contributed by atoms with Crippen molar-refractivity contribution in [1.82, 2.24) is 5.32 Å². The van der Waals surface area contributed by atoms with Gasteiger partial charge in [-0.1, -0.05) is 6.92 Å². The molecule has 0 aromatic heterocycles. The van der Waals surface area contributed by atoms with E-state index in [0.717, 1.165) is 19.1 Å². The molecule has 1 spiro atoms. The van der Waals surface area contributed by atoms with Crippen molar-refractivity contribution in [2.24, 2.45) is 11.3 Å². The monoisotopic (exact) mass is 197 g/mol. The fourth-order valence-corrected chi connectivity index (χ4v) is 3.00. The molecule has 1 heterocycles. The molecular formula is C12H23NO. The van der Waals surface area contributed by atoms with Crippen LogP contribution in [0.5, 0.6) is 0 Å². The molecule has 2 heteroatoms. The van der Waals surface area contributed by atoms with Crippen LogP contribution in [0.2, 0.25) is 0 Å². The molecule has 0 unspecified atom stereocenters. The molecule has 1 N–H and O–H groups in total. The maximum absolute atomic E-state index is 5.42. The van der Waals surface area contributed by atoms with Gasteiger partial charge in [0.2, 0.25) is 0 Å². The van der Waals surface area contributed by atoms with E-state index in [0.29, 0.717) is 5.41 Å². The Morgan fingerprint density at radius 3 is 2.64 bits per heavy atom. The van der Waals surface area contributed by atoms with Crippen LogP contribution < -0.4 is 5.32 Å². The standard InChI is InChI=1S/C12H23NO/c1-2-5-13-10-11-8-12(9-11)3-6-14-7-4-12/h11,13H,2-10H2,1H3. The maximum Gasteiger partial charge on any atom is 0.0471 e. The summed E-state index contributed by atoms with van der Waals surface area (Å²) in [6.45, 7) is 6.68. The Kier molecular flexibility index (Phi) is 3.45. The smallest absolute Gasteiger partial charge is 0.0471 e. The third-order valence-electron chi connectivity index (χ3n) is 3.86. The van der Waals surface area contributed by atoms with Gasteiger partial charge in [0, 0.05) is 13.2 Å². The van der Waals surface area contributed by atoms with Crippen LogP contribution in [0.25, 0.3) is 0 Å². The first-order valence-corrected chi connectivity index (χ1v) is 6.13. The lowest BCUT2D eigenvalue weighted by Gasteiger charge is -2.50. The molecule has 0 aromatic rings. The summed E-state index contributed by atoms with van der Waals surface area (Å²) in [5, 5.41) is 3.53. The topological polar surface area (TPSA) is 21.3 Å². The average molecular weight is 197 g/mol. The van der Waals surface area contributed by atoms with Crippen molar-refractivity contribution in [2.75, 3.05) is 26.3 Å². The molecule has 2 aliphatic rings. The van der Waals surface area contributed by atoms with Crippen LogP contribution in [0.3, 0.4) is 0 Å². The van der Waals surface area contributed by atoms with Crippen molar-refractivity contribution < 1.29 is 4.74 Å². The first-order valence-electron chi connectivity index (χ1n) is 6.13. The van der Waals surface area contributed by atoms with E-state index in [1.165, 1.54) is 45.2 Å². The minimum atomic E-state index is 0.705. The van der Waals surface area contributed by atoms with Crippen LogP contribution in [0.1, 0.15) is 39.0 Å². The Bertz CT molecular complexity index is 167. The molecule has 2 rings (SSSR count). The quantitative estimate of drug-likeness (QED) is 0.698. The van der Waals surface area contributed by atoms with Crippen LogP contribution >= 0.6 is 0 Å². The van der Waals surface area contributed by atoms with E-state index in [-0.39, 0.29) is 0 Å². The fraction of sp³-hybridized carbons (Fsp3) is 1.00. The van der Waals surface area contributed by atoms with E-state index in [1.54, 1.807) is 0 Å². The second-order valence-corrected chi connectivity index (χ2v) is 5.09. The van der Waals surface area contributed by atoms with Crippen LogP contribution in [0.15, 0.2) is 0 Å². The Morgan fingerprint density at radius 2 is 2.00 bits per heavy atom. The average Bonchev–Trinajstić information content (AvgIpc) is 2.17. The predicted molar refractivity (Wildman–Crippen MR) is 58.4 cm³/mol. The molecule has 1 saturated carbocycles. The number of rotatable bonds is 4. The zero-order valence-electron chi connectivity index (χ0n) is 9.35. The summed E-state index contributed by atoms with van der Waals surface area (Å²) in [4.78, 5) is 0. The zero-order chi connectivity index (χ0) is 9.86. The molecule has 2 nitrogen and oxygen atoms in total. The lowest BCUT2D eigenvalue weighted by molar-refractivity contribution is -0.0580. The van der Waals surface area contributed by atoms with E-state index < -0.39 is 0 Å². The number of nitrogens with one attached hydrogen (secondary N) is 1. The molecule has 0 radical (unpaired) electrons. The van der Waals surface area contributed by atoms with Gasteiger partial charge in [0.15, 0.2) is 0 Å². The molecular weight excluding hydrogens is 174 g/mol. The van der Waals surface area contributed by atoms with E-state index in [2.05, 4.69) is 12.2 Å². The third-order valence-corrected chi connectivity index (χ3v) is 3.86. The summed E-state index contributed by atoms with van der Waals surface area (Å²) in [7, 11) is 0. The van der Waals surface area contributed by atoms with Crippen molar-refractivity contribution in [3.63, 3.8) is 0 Å². The van der Waals surface area contributed by atoms with Crippen LogP contribution in [-0.4, -0.2) is 26.3 Å². The lowest BCUT2D eigenvalue weighted by Crippen LogP contribution is -2.45. The van der Waals surface area contributed by atoms with Gasteiger partial charge >= 0.3 is 0 Å². The molecule has 14 heavy (non-hydrogen) atoms. The zero-order valence-corrected chi connectivity index (χ0v) is 9.35. The summed E-state index contributed by atoms with van der Waals surface area (Å²) in [6, 6.07) is 0. The second kappa shape index (κ2) is 4.63. The van der Waals surface area contributed by atoms with E-state index in [1.807, 2.05) is 0 Å². The molecule has 0 atom stereocenters. The van der Waals surface area contributed by atoms with E-state index in [4.69, 9.17) is 4.74 Å². The van der Waals surface area contributed by atoms with Gasteiger partial charge in [-0.15, -0.1) is 0 Å². The largest absolute Gasteiger partial charge is 0.381 e. The minimum Gasteiger partial charge on any atom is -0.381 e. The van der Waals surface area contributed by atoms with Gasteiger partial charge in [-0.25, -0.2) is 0 Å². The third kappa shape index (κ3) is 2.29. The summed E-state index contributed by atoms with van der Waals surface area (Å²) >= 11 is 0. The number of ether oxygens (including phenoxy) is 1. The van der Waals surface area contributed by atoms with Crippen molar-refractivity contribution in [3.8, 4) is 0 Å². The molecule has 1 aliphatic carbocycles. The fourth-order valence-electron chi connectivity index (χ4n) is 3.00. The predicted octanol–water partition coefficient (Wildman–Crippen LogP) is 2.19. The molecule has 0 bridgehead atoms. The van der Waals surface area contributed by atoms with Crippen molar-refractivity contribution >= 4 is 0 Å². The number of hydrogen-bond acceptors (Lipinski definition) is 2.